The van der Waals surface area contributed by atoms with E-state index >= 15 is 0 Å². The van der Waals surface area contributed by atoms with Crippen LogP contribution in [0.25, 0.3) is 0 Å². The molecule has 2 rings (SSSR count). The van der Waals surface area contributed by atoms with Crippen molar-refractivity contribution in [1.82, 2.24) is 15.5 Å². The van der Waals surface area contributed by atoms with Crippen molar-refractivity contribution in [2.24, 2.45) is 4.99 Å². The zero-order chi connectivity index (χ0) is 16.5. The van der Waals surface area contributed by atoms with Crippen LogP contribution in [0.3, 0.4) is 0 Å². The van der Waals surface area contributed by atoms with Crippen LogP contribution >= 0.6 is 24.0 Å². The number of rotatable bonds is 6. The van der Waals surface area contributed by atoms with Crippen molar-refractivity contribution in [3.63, 3.8) is 0 Å². The van der Waals surface area contributed by atoms with E-state index in [1.165, 1.54) is 11.3 Å². The maximum absolute atomic E-state index is 11.7. The molecular weight excluding hydrogens is 423 g/mol. The van der Waals surface area contributed by atoms with Crippen LogP contribution in [-0.4, -0.2) is 56.7 Å². The number of amides is 1. The molecule has 1 aliphatic heterocycles. The molecule has 2 heterocycles. The van der Waals surface area contributed by atoms with E-state index < -0.39 is 0 Å². The summed E-state index contributed by atoms with van der Waals surface area (Å²) in [5.74, 6) is 1.36. The van der Waals surface area contributed by atoms with E-state index in [1.54, 1.807) is 20.4 Å². The molecule has 0 bridgehead atoms. The molecule has 1 aromatic rings. The summed E-state index contributed by atoms with van der Waals surface area (Å²) >= 11 is 0. The van der Waals surface area contributed by atoms with Crippen LogP contribution in [0.5, 0.6) is 0 Å². The smallest absolute Gasteiger partial charge is 0.243 e. The number of nitrogens with one attached hydrogen (secondary N) is 2. The molecule has 1 aromatic heterocycles. The van der Waals surface area contributed by atoms with Crippen molar-refractivity contribution in [3.05, 3.63) is 24.2 Å². The van der Waals surface area contributed by atoms with Gasteiger partial charge < -0.3 is 24.7 Å². The van der Waals surface area contributed by atoms with Crippen LogP contribution in [0.2, 0.25) is 0 Å². The van der Waals surface area contributed by atoms with E-state index in [2.05, 4.69) is 15.6 Å². The first-order valence-electron chi connectivity index (χ1n) is 8.01. The number of hydrogen-bond acceptors (Lipinski definition) is 4. The molecule has 1 atom stereocenters. The van der Waals surface area contributed by atoms with Crippen LogP contribution in [0.1, 0.15) is 25.0 Å². The fourth-order valence-corrected chi connectivity index (χ4v) is 2.23. The van der Waals surface area contributed by atoms with Crippen molar-refractivity contribution >= 4 is 35.8 Å². The van der Waals surface area contributed by atoms with Gasteiger partial charge >= 0.3 is 0 Å². The minimum atomic E-state index is -0.0435. The van der Waals surface area contributed by atoms with E-state index in [0.29, 0.717) is 19.0 Å². The van der Waals surface area contributed by atoms with Crippen molar-refractivity contribution in [1.29, 1.82) is 0 Å². The Morgan fingerprint density at radius 3 is 2.83 bits per heavy atom. The van der Waals surface area contributed by atoms with E-state index in [-0.39, 0.29) is 42.5 Å². The second-order valence-electron chi connectivity index (χ2n) is 5.76. The number of ether oxygens (including phenoxy) is 1. The molecule has 8 heteroatoms. The second kappa shape index (κ2) is 11.3. The molecule has 2 N–H and O–H groups in total. The van der Waals surface area contributed by atoms with E-state index in [9.17, 15) is 4.79 Å². The van der Waals surface area contributed by atoms with Gasteiger partial charge in [0.25, 0.3) is 0 Å². The first-order valence-corrected chi connectivity index (χ1v) is 8.01. The molecule has 1 saturated heterocycles. The standard InChI is InChI=1S/C16H26N4O3.HI/c1-20(2)15(21)12-19-16(18-11-14-7-5-9-23-14)17-10-13-6-3-4-8-22-13;/h5,7,9,13H,3-4,6,8,10-12H2,1-2H3,(H2,17,18,19);1H. The molecule has 1 aliphatic rings. The maximum atomic E-state index is 11.7. The Bertz CT molecular complexity index is 499. The Hall–Kier alpha value is -1.29. The molecule has 0 aliphatic carbocycles. The van der Waals surface area contributed by atoms with Gasteiger partial charge in [-0.2, -0.15) is 0 Å². The Labute approximate surface area is 160 Å². The van der Waals surface area contributed by atoms with Crippen molar-refractivity contribution in [3.8, 4) is 0 Å². The first kappa shape index (κ1) is 20.8. The molecule has 1 amide bonds. The lowest BCUT2D eigenvalue weighted by molar-refractivity contribution is -0.127. The average Bonchev–Trinajstić information content (AvgIpc) is 3.08. The maximum Gasteiger partial charge on any atom is 0.243 e. The summed E-state index contributed by atoms with van der Waals surface area (Å²) in [4.78, 5) is 17.6. The molecule has 0 spiro atoms. The third kappa shape index (κ3) is 7.52. The summed E-state index contributed by atoms with van der Waals surface area (Å²) in [5, 5.41) is 6.42. The SMILES string of the molecule is CN(C)C(=O)CN=C(NCc1ccco1)NCC1CCCCO1.I. The predicted molar refractivity (Wildman–Crippen MR) is 104 cm³/mol. The van der Waals surface area contributed by atoms with Crippen molar-refractivity contribution in [2.45, 2.75) is 31.9 Å². The number of hydrogen-bond donors (Lipinski definition) is 2. The van der Waals surface area contributed by atoms with Gasteiger partial charge in [-0.05, 0) is 31.4 Å². The largest absolute Gasteiger partial charge is 0.467 e. The molecule has 24 heavy (non-hydrogen) atoms. The summed E-state index contributed by atoms with van der Waals surface area (Å²) in [6, 6.07) is 3.73. The van der Waals surface area contributed by atoms with Crippen LogP contribution < -0.4 is 10.6 Å². The highest BCUT2D eigenvalue weighted by Gasteiger charge is 2.14. The van der Waals surface area contributed by atoms with Gasteiger partial charge in [-0.25, -0.2) is 4.99 Å². The number of carbonyl (C=O) groups is 1. The van der Waals surface area contributed by atoms with E-state index in [0.717, 1.165) is 25.2 Å². The molecular formula is C16H27IN4O3. The lowest BCUT2D eigenvalue weighted by atomic mass is 10.1. The average molecular weight is 450 g/mol. The van der Waals surface area contributed by atoms with Gasteiger partial charge in [0.15, 0.2) is 5.96 Å². The Morgan fingerprint density at radius 1 is 1.38 bits per heavy atom. The van der Waals surface area contributed by atoms with E-state index in [1.807, 2.05) is 12.1 Å². The Morgan fingerprint density at radius 2 is 2.21 bits per heavy atom. The fourth-order valence-electron chi connectivity index (χ4n) is 2.23. The number of furan rings is 1. The second-order valence-corrected chi connectivity index (χ2v) is 5.76. The minimum Gasteiger partial charge on any atom is -0.467 e. The van der Waals surface area contributed by atoms with Crippen LogP contribution in [0.15, 0.2) is 27.8 Å². The molecule has 7 nitrogen and oxygen atoms in total. The van der Waals surface area contributed by atoms with Gasteiger partial charge in [0.2, 0.25) is 5.91 Å². The van der Waals surface area contributed by atoms with Gasteiger partial charge in [-0.3, -0.25) is 4.79 Å². The summed E-state index contributed by atoms with van der Waals surface area (Å²) in [6.07, 6.45) is 5.20. The van der Waals surface area contributed by atoms with Gasteiger partial charge in [0.05, 0.1) is 18.9 Å². The fraction of sp³-hybridized carbons (Fsp3) is 0.625. The number of guanidine groups is 1. The predicted octanol–water partition coefficient (Wildman–Crippen LogP) is 1.59. The number of carbonyl (C=O) groups excluding carboxylic acids is 1. The first-order chi connectivity index (χ1) is 11.1. The quantitative estimate of drug-likeness (QED) is 0.391. The normalized spacial score (nSPS) is 17.8. The molecule has 1 fully saturated rings. The summed E-state index contributed by atoms with van der Waals surface area (Å²) in [7, 11) is 3.44. The van der Waals surface area contributed by atoms with Gasteiger partial charge in [-0.1, -0.05) is 0 Å². The summed E-state index contributed by atoms with van der Waals surface area (Å²) in [6.45, 7) is 2.12. The number of halogens is 1. The zero-order valence-electron chi connectivity index (χ0n) is 14.3. The molecule has 0 radical (unpaired) electrons. The highest BCUT2D eigenvalue weighted by atomic mass is 127. The van der Waals surface area contributed by atoms with Crippen molar-refractivity contribution in [2.75, 3.05) is 33.8 Å². The Kier molecular flexibility index (Phi) is 9.77. The summed E-state index contributed by atoms with van der Waals surface area (Å²) < 4.78 is 11.0. The van der Waals surface area contributed by atoms with Gasteiger partial charge in [-0.15, -0.1) is 24.0 Å². The molecule has 0 saturated carbocycles. The number of nitrogens with zero attached hydrogens (tertiary/aromatic N) is 2. The van der Waals surface area contributed by atoms with Crippen molar-refractivity contribution < 1.29 is 13.9 Å². The highest BCUT2D eigenvalue weighted by Crippen LogP contribution is 2.11. The monoisotopic (exact) mass is 450 g/mol. The third-order valence-corrected chi connectivity index (χ3v) is 3.65. The van der Waals surface area contributed by atoms with Gasteiger partial charge in [0, 0.05) is 27.2 Å². The number of likely N-dealkylation sites (N-methyl/N-ethyl adjacent to an activating group) is 1. The van der Waals surface area contributed by atoms with E-state index in [4.69, 9.17) is 9.15 Å². The Balaban J connectivity index is 0.00000288. The number of aliphatic imine (C=N–C) groups is 1. The molecule has 0 aromatic carbocycles. The van der Waals surface area contributed by atoms with Gasteiger partial charge in [0.1, 0.15) is 12.3 Å². The zero-order valence-corrected chi connectivity index (χ0v) is 16.6. The highest BCUT2D eigenvalue weighted by molar-refractivity contribution is 14.0. The third-order valence-electron chi connectivity index (χ3n) is 3.65. The topological polar surface area (TPSA) is 79.1 Å². The minimum absolute atomic E-state index is 0. The summed E-state index contributed by atoms with van der Waals surface area (Å²) in [5.41, 5.74) is 0. The molecule has 136 valence electrons. The van der Waals surface area contributed by atoms with Crippen LogP contribution in [0, 0.1) is 0 Å². The lowest BCUT2D eigenvalue weighted by Gasteiger charge is -2.23. The lowest BCUT2D eigenvalue weighted by Crippen LogP contribution is -2.43. The van der Waals surface area contributed by atoms with Crippen LogP contribution in [-0.2, 0) is 16.1 Å². The van der Waals surface area contributed by atoms with Crippen LogP contribution in [0.4, 0.5) is 0 Å². The molecule has 1 unspecified atom stereocenters.